The van der Waals surface area contributed by atoms with Crippen molar-refractivity contribution in [1.82, 2.24) is 20.5 Å². The van der Waals surface area contributed by atoms with Crippen molar-refractivity contribution in [3.05, 3.63) is 48.0 Å². The molecule has 2 rings (SSSR count). The van der Waals surface area contributed by atoms with E-state index in [1.54, 1.807) is 36.9 Å². The molecule has 1 amide bonds. The number of carbonyl (C=O) groups excluding carboxylic acids is 1. The van der Waals surface area contributed by atoms with Gasteiger partial charge in [0, 0.05) is 29.7 Å². The number of nitrogens with zero attached hydrogens (tertiary/aromatic N) is 2. The van der Waals surface area contributed by atoms with Gasteiger partial charge in [0.05, 0.1) is 12.2 Å². The maximum absolute atomic E-state index is 11.8. The number of nitrogens with one attached hydrogen (secondary N) is 2. The summed E-state index contributed by atoms with van der Waals surface area (Å²) in [6.45, 7) is 1.91. The molecule has 82 valence electrons. The summed E-state index contributed by atoms with van der Waals surface area (Å²) in [5, 5.41) is 9.42. The van der Waals surface area contributed by atoms with Gasteiger partial charge in [0.1, 0.15) is 0 Å². The van der Waals surface area contributed by atoms with Gasteiger partial charge in [-0.3, -0.25) is 14.9 Å². The third-order valence-corrected chi connectivity index (χ3v) is 2.31. The van der Waals surface area contributed by atoms with Crippen LogP contribution < -0.4 is 5.32 Å². The van der Waals surface area contributed by atoms with Crippen molar-refractivity contribution >= 4 is 5.91 Å². The van der Waals surface area contributed by atoms with Gasteiger partial charge in [-0.05, 0) is 19.1 Å². The number of amides is 1. The minimum atomic E-state index is -0.115. The van der Waals surface area contributed by atoms with Gasteiger partial charge in [0.2, 0.25) is 0 Å². The van der Waals surface area contributed by atoms with E-state index in [1.807, 2.05) is 6.92 Å². The summed E-state index contributed by atoms with van der Waals surface area (Å²) in [6.07, 6.45) is 6.64. The molecule has 0 aliphatic rings. The number of aromatic amines is 1. The predicted octanol–water partition coefficient (Wildman–Crippen LogP) is 1.30. The Kier molecular flexibility index (Phi) is 2.95. The van der Waals surface area contributed by atoms with E-state index >= 15 is 0 Å². The van der Waals surface area contributed by atoms with Crippen LogP contribution in [0.25, 0.3) is 0 Å². The first-order valence-electron chi connectivity index (χ1n) is 4.97. The highest BCUT2D eigenvalue weighted by atomic mass is 16.1. The number of hydrogen-bond donors (Lipinski definition) is 2. The summed E-state index contributed by atoms with van der Waals surface area (Å²) in [4.78, 5) is 15.6. The second-order valence-corrected chi connectivity index (χ2v) is 3.46. The Balaban J connectivity index is 2.03. The summed E-state index contributed by atoms with van der Waals surface area (Å²) >= 11 is 0. The van der Waals surface area contributed by atoms with Gasteiger partial charge < -0.3 is 5.32 Å². The molecule has 0 aliphatic carbocycles. The standard InChI is InChI=1S/C11H12N4O/c1-8(10-6-13-14-7-10)15-11(16)9-2-4-12-5-3-9/h2-8H,1H3,(H,13,14)(H,15,16). The molecular weight excluding hydrogens is 204 g/mol. The van der Waals surface area contributed by atoms with Crippen LogP contribution in [0.2, 0.25) is 0 Å². The Bertz CT molecular complexity index is 452. The lowest BCUT2D eigenvalue weighted by molar-refractivity contribution is 0.0940. The lowest BCUT2D eigenvalue weighted by Gasteiger charge is -2.11. The zero-order valence-corrected chi connectivity index (χ0v) is 8.84. The Morgan fingerprint density at radius 2 is 2.19 bits per heavy atom. The lowest BCUT2D eigenvalue weighted by atomic mass is 10.1. The molecule has 5 heteroatoms. The average molecular weight is 216 g/mol. The maximum Gasteiger partial charge on any atom is 0.251 e. The highest BCUT2D eigenvalue weighted by Crippen LogP contribution is 2.10. The molecule has 0 radical (unpaired) electrons. The van der Waals surface area contributed by atoms with E-state index in [9.17, 15) is 4.79 Å². The Hall–Kier alpha value is -2.17. The molecule has 2 N–H and O–H groups in total. The molecule has 0 aliphatic heterocycles. The monoisotopic (exact) mass is 216 g/mol. The quantitative estimate of drug-likeness (QED) is 0.812. The Labute approximate surface area is 92.9 Å². The SMILES string of the molecule is CC(NC(=O)c1ccncc1)c1cn[nH]c1. The number of carbonyl (C=O) groups is 1. The number of aromatic nitrogens is 3. The third kappa shape index (κ3) is 2.25. The van der Waals surface area contributed by atoms with E-state index in [0.717, 1.165) is 5.56 Å². The van der Waals surface area contributed by atoms with Gasteiger partial charge in [-0.15, -0.1) is 0 Å². The van der Waals surface area contributed by atoms with Crippen molar-refractivity contribution in [3.63, 3.8) is 0 Å². The molecule has 0 fully saturated rings. The zero-order chi connectivity index (χ0) is 11.4. The van der Waals surface area contributed by atoms with Crippen LogP contribution >= 0.6 is 0 Å². The number of rotatable bonds is 3. The molecule has 1 atom stereocenters. The first-order chi connectivity index (χ1) is 7.77. The fourth-order valence-corrected chi connectivity index (χ4v) is 1.36. The molecule has 0 bridgehead atoms. The third-order valence-electron chi connectivity index (χ3n) is 2.31. The van der Waals surface area contributed by atoms with Crippen LogP contribution in [0, 0.1) is 0 Å². The van der Waals surface area contributed by atoms with Gasteiger partial charge in [-0.25, -0.2) is 0 Å². The van der Waals surface area contributed by atoms with Crippen molar-refractivity contribution in [3.8, 4) is 0 Å². The topological polar surface area (TPSA) is 70.7 Å². The van der Waals surface area contributed by atoms with Crippen molar-refractivity contribution in [2.45, 2.75) is 13.0 Å². The van der Waals surface area contributed by atoms with Gasteiger partial charge in [-0.2, -0.15) is 5.10 Å². The van der Waals surface area contributed by atoms with Crippen molar-refractivity contribution in [2.75, 3.05) is 0 Å². The van der Waals surface area contributed by atoms with Crippen LogP contribution in [0.3, 0.4) is 0 Å². The van der Waals surface area contributed by atoms with Gasteiger partial charge in [0.15, 0.2) is 0 Å². The van der Waals surface area contributed by atoms with Crippen molar-refractivity contribution < 1.29 is 4.79 Å². The molecule has 5 nitrogen and oxygen atoms in total. The van der Waals surface area contributed by atoms with Crippen LogP contribution in [0.5, 0.6) is 0 Å². The van der Waals surface area contributed by atoms with E-state index in [2.05, 4.69) is 20.5 Å². The van der Waals surface area contributed by atoms with Crippen LogP contribution in [0.4, 0.5) is 0 Å². The summed E-state index contributed by atoms with van der Waals surface area (Å²) in [6, 6.07) is 3.29. The largest absolute Gasteiger partial charge is 0.345 e. The highest BCUT2D eigenvalue weighted by molar-refractivity contribution is 5.94. The molecule has 0 spiro atoms. The van der Waals surface area contributed by atoms with Crippen LogP contribution in [-0.4, -0.2) is 21.1 Å². The molecule has 16 heavy (non-hydrogen) atoms. The lowest BCUT2D eigenvalue weighted by Crippen LogP contribution is -2.26. The second-order valence-electron chi connectivity index (χ2n) is 3.46. The normalized spacial score (nSPS) is 12.1. The molecule has 0 saturated carbocycles. The summed E-state index contributed by atoms with van der Waals surface area (Å²) in [7, 11) is 0. The number of hydrogen-bond acceptors (Lipinski definition) is 3. The first kappa shape index (κ1) is 10.4. The minimum Gasteiger partial charge on any atom is -0.345 e. The van der Waals surface area contributed by atoms with Crippen LogP contribution in [0.15, 0.2) is 36.9 Å². The van der Waals surface area contributed by atoms with Gasteiger partial charge >= 0.3 is 0 Å². The summed E-state index contributed by atoms with van der Waals surface area (Å²) in [5.74, 6) is -0.115. The maximum atomic E-state index is 11.8. The van der Waals surface area contributed by atoms with E-state index in [0.29, 0.717) is 5.56 Å². The molecule has 2 aromatic heterocycles. The fraction of sp³-hybridized carbons (Fsp3) is 0.182. The van der Waals surface area contributed by atoms with E-state index in [-0.39, 0.29) is 11.9 Å². The molecule has 0 aromatic carbocycles. The average Bonchev–Trinajstić information content (AvgIpc) is 2.83. The molecule has 1 unspecified atom stereocenters. The van der Waals surface area contributed by atoms with Gasteiger partial charge in [0.25, 0.3) is 5.91 Å². The van der Waals surface area contributed by atoms with Crippen LogP contribution in [-0.2, 0) is 0 Å². The van der Waals surface area contributed by atoms with Gasteiger partial charge in [-0.1, -0.05) is 0 Å². The molecule has 2 heterocycles. The minimum absolute atomic E-state index is 0.0700. The molecular formula is C11H12N4O. The Morgan fingerprint density at radius 1 is 1.44 bits per heavy atom. The summed E-state index contributed by atoms with van der Waals surface area (Å²) in [5.41, 5.74) is 1.55. The second kappa shape index (κ2) is 4.57. The first-order valence-corrected chi connectivity index (χ1v) is 4.97. The predicted molar refractivity (Wildman–Crippen MR) is 58.7 cm³/mol. The van der Waals surface area contributed by atoms with Crippen molar-refractivity contribution in [1.29, 1.82) is 0 Å². The highest BCUT2D eigenvalue weighted by Gasteiger charge is 2.11. The fourth-order valence-electron chi connectivity index (χ4n) is 1.36. The van der Waals surface area contributed by atoms with E-state index < -0.39 is 0 Å². The smallest absolute Gasteiger partial charge is 0.251 e. The van der Waals surface area contributed by atoms with E-state index in [4.69, 9.17) is 0 Å². The number of pyridine rings is 1. The van der Waals surface area contributed by atoms with E-state index in [1.165, 1.54) is 0 Å². The summed E-state index contributed by atoms with van der Waals surface area (Å²) < 4.78 is 0. The van der Waals surface area contributed by atoms with Crippen LogP contribution in [0.1, 0.15) is 28.9 Å². The molecule has 2 aromatic rings. The number of H-pyrrole nitrogens is 1. The Morgan fingerprint density at radius 3 is 2.81 bits per heavy atom. The molecule has 0 saturated heterocycles. The zero-order valence-electron chi connectivity index (χ0n) is 8.84. The van der Waals surface area contributed by atoms with Crippen molar-refractivity contribution in [2.24, 2.45) is 0 Å².